The van der Waals surface area contributed by atoms with Gasteiger partial charge in [-0.25, -0.2) is 0 Å². The number of amides is 1. The summed E-state index contributed by atoms with van der Waals surface area (Å²) in [5.74, 6) is 0.208. The van der Waals surface area contributed by atoms with Crippen LogP contribution in [0.4, 0.5) is 5.69 Å². The summed E-state index contributed by atoms with van der Waals surface area (Å²) in [6, 6.07) is 7.78. The third-order valence-corrected chi connectivity index (χ3v) is 3.55. The average molecular weight is 219 g/mol. The van der Waals surface area contributed by atoms with E-state index in [1.165, 1.54) is 11.8 Å². The summed E-state index contributed by atoms with van der Waals surface area (Å²) < 4.78 is 0. The zero-order chi connectivity index (χ0) is 11.9. The van der Waals surface area contributed by atoms with E-state index in [1.54, 1.807) is 0 Å². The topological polar surface area (TPSA) is 40.5 Å². The van der Waals surface area contributed by atoms with Gasteiger partial charge in [0.1, 0.15) is 6.23 Å². The van der Waals surface area contributed by atoms with Crippen molar-refractivity contribution in [3.8, 4) is 0 Å². The van der Waals surface area contributed by atoms with E-state index in [9.17, 15) is 9.90 Å². The Bertz CT molecular complexity index is 416. The van der Waals surface area contributed by atoms with Crippen LogP contribution in [0.25, 0.3) is 0 Å². The van der Waals surface area contributed by atoms with Crippen LogP contribution in [0.1, 0.15) is 32.3 Å². The van der Waals surface area contributed by atoms with E-state index >= 15 is 0 Å². The highest BCUT2D eigenvalue weighted by Crippen LogP contribution is 2.40. The third-order valence-electron chi connectivity index (χ3n) is 3.55. The lowest BCUT2D eigenvalue weighted by Gasteiger charge is -2.41. The molecule has 1 aromatic rings. The Hall–Kier alpha value is -1.35. The van der Waals surface area contributed by atoms with Crippen molar-refractivity contribution in [3.63, 3.8) is 0 Å². The van der Waals surface area contributed by atoms with Gasteiger partial charge in [0.15, 0.2) is 0 Å². The minimum Gasteiger partial charge on any atom is -0.373 e. The normalized spacial score (nSPS) is 28.8. The summed E-state index contributed by atoms with van der Waals surface area (Å²) in [6.07, 6.45) is -0.720. The number of aliphatic hydroxyl groups is 1. The highest BCUT2D eigenvalue weighted by atomic mass is 16.3. The second kappa shape index (κ2) is 3.91. The van der Waals surface area contributed by atoms with E-state index in [0.717, 1.165) is 11.3 Å². The summed E-state index contributed by atoms with van der Waals surface area (Å²) in [4.78, 5) is 13.1. The Morgan fingerprint density at radius 2 is 1.94 bits per heavy atom. The van der Waals surface area contributed by atoms with Gasteiger partial charge < -0.3 is 5.11 Å². The molecule has 0 radical (unpaired) electrons. The van der Waals surface area contributed by atoms with Crippen LogP contribution >= 0.6 is 0 Å². The van der Waals surface area contributed by atoms with Crippen molar-refractivity contribution in [2.45, 2.75) is 32.9 Å². The molecule has 3 heteroatoms. The number of rotatable bonds is 0. The fourth-order valence-electron chi connectivity index (χ4n) is 2.37. The molecule has 3 nitrogen and oxygen atoms in total. The number of aliphatic hydroxyl groups excluding tert-OH is 1. The monoisotopic (exact) mass is 219 g/mol. The zero-order valence-electron chi connectivity index (χ0n) is 9.84. The maximum Gasteiger partial charge on any atom is 0.225 e. The van der Waals surface area contributed by atoms with Gasteiger partial charge in [-0.05, 0) is 17.5 Å². The Morgan fingerprint density at radius 3 is 2.56 bits per heavy atom. The number of carbonyl (C=O) groups is 1. The number of benzene rings is 1. The molecule has 0 bridgehead atoms. The lowest BCUT2D eigenvalue weighted by atomic mass is 9.82. The van der Waals surface area contributed by atoms with Crippen LogP contribution in [0.15, 0.2) is 24.3 Å². The van der Waals surface area contributed by atoms with E-state index in [1.807, 2.05) is 31.2 Å². The van der Waals surface area contributed by atoms with Gasteiger partial charge in [0, 0.05) is 18.5 Å². The first-order valence-electron chi connectivity index (χ1n) is 5.61. The summed E-state index contributed by atoms with van der Waals surface area (Å²) in [5, 5.41) is 10.1. The first-order chi connectivity index (χ1) is 7.54. The Morgan fingerprint density at radius 1 is 1.31 bits per heavy atom. The van der Waals surface area contributed by atoms with Crippen molar-refractivity contribution in [3.05, 3.63) is 29.8 Å². The highest BCUT2D eigenvalue weighted by molar-refractivity contribution is 5.93. The van der Waals surface area contributed by atoms with Crippen LogP contribution in [-0.2, 0) is 4.79 Å². The van der Waals surface area contributed by atoms with Gasteiger partial charge in [-0.15, -0.1) is 0 Å². The van der Waals surface area contributed by atoms with Gasteiger partial charge in [0.25, 0.3) is 0 Å². The largest absolute Gasteiger partial charge is 0.373 e. The molecule has 0 saturated carbocycles. The molecule has 1 amide bonds. The molecule has 1 aliphatic rings. The molecule has 3 atom stereocenters. The van der Waals surface area contributed by atoms with Crippen molar-refractivity contribution in [2.75, 3.05) is 4.90 Å². The smallest absolute Gasteiger partial charge is 0.225 e. The molecular formula is C13H17NO2. The third kappa shape index (κ3) is 1.52. The fourth-order valence-corrected chi connectivity index (χ4v) is 2.37. The molecule has 16 heavy (non-hydrogen) atoms. The molecule has 1 aliphatic heterocycles. The zero-order valence-corrected chi connectivity index (χ0v) is 9.84. The van der Waals surface area contributed by atoms with E-state index in [-0.39, 0.29) is 17.7 Å². The SMILES string of the molecule is CC(=O)N1c2ccccc2C(C)C(C)[C@@H]1O. The summed E-state index contributed by atoms with van der Waals surface area (Å²) in [7, 11) is 0. The maximum absolute atomic E-state index is 11.6. The van der Waals surface area contributed by atoms with Gasteiger partial charge in [0.2, 0.25) is 5.91 Å². The molecular weight excluding hydrogens is 202 g/mol. The predicted molar refractivity (Wildman–Crippen MR) is 63.2 cm³/mol. The number of carbonyl (C=O) groups excluding carboxylic acids is 1. The van der Waals surface area contributed by atoms with Crippen molar-refractivity contribution >= 4 is 11.6 Å². The van der Waals surface area contributed by atoms with Crippen molar-refractivity contribution in [1.29, 1.82) is 0 Å². The van der Waals surface area contributed by atoms with Gasteiger partial charge in [-0.2, -0.15) is 0 Å². The summed E-state index contributed by atoms with van der Waals surface area (Å²) in [6.45, 7) is 5.55. The highest BCUT2D eigenvalue weighted by Gasteiger charge is 2.36. The van der Waals surface area contributed by atoms with Crippen molar-refractivity contribution in [1.82, 2.24) is 0 Å². The predicted octanol–water partition coefficient (Wildman–Crippen LogP) is 2.11. The standard InChI is InChI=1S/C13H17NO2/c1-8-9(2)13(16)14(10(3)15)12-7-5-4-6-11(8)12/h4-9,13,16H,1-3H3/t8?,9?,13-/m0/s1. The van der Waals surface area contributed by atoms with Crippen LogP contribution in [0.3, 0.4) is 0 Å². The molecule has 1 aromatic carbocycles. The minimum atomic E-state index is -0.720. The van der Waals surface area contributed by atoms with E-state index in [4.69, 9.17) is 0 Å². The second-order valence-corrected chi connectivity index (χ2v) is 4.51. The average Bonchev–Trinajstić information content (AvgIpc) is 2.26. The number of fused-ring (bicyclic) bond motifs is 1. The maximum atomic E-state index is 11.6. The van der Waals surface area contributed by atoms with Crippen molar-refractivity contribution in [2.24, 2.45) is 5.92 Å². The molecule has 0 spiro atoms. The fraction of sp³-hybridized carbons (Fsp3) is 0.462. The van der Waals surface area contributed by atoms with Gasteiger partial charge in [-0.3, -0.25) is 9.69 Å². The quantitative estimate of drug-likeness (QED) is 0.726. The van der Waals surface area contributed by atoms with E-state index in [0.29, 0.717) is 0 Å². The second-order valence-electron chi connectivity index (χ2n) is 4.51. The molecule has 0 fully saturated rings. The molecule has 1 heterocycles. The van der Waals surface area contributed by atoms with Gasteiger partial charge in [0.05, 0.1) is 0 Å². The van der Waals surface area contributed by atoms with Crippen LogP contribution < -0.4 is 4.90 Å². The first-order valence-corrected chi connectivity index (χ1v) is 5.61. The molecule has 0 saturated heterocycles. The van der Waals surface area contributed by atoms with Crippen LogP contribution in [0.5, 0.6) is 0 Å². The summed E-state index contributed by atoms with van der Waals surface area (Å²) >= 11 is 0. The Balaban J connectivity index is 2.56. The van der Waals surface area contributed by atoms with E-state index < -0.39 is 6.23 Å². The summed E-state index contributed by atoms with van der Waals surface area (Å²) in [5.41, 5.74) is 1.98. The molecule has 86 valence electrons. The molecule has 0 aliphatic carbocycles. The van der Waals surface area contributed by atoms with Gasteiger partial charge in [-0.1, -0.05) is 32.0 Å². The van der Waals surface area contributed by atoms with Crippen LogP contribution in [0, 0.1) is 5.92 Å². The minimum absolute atomic E-state index is 0.0544. The van der Waals surface area contributed by atoms with Gasteiger partial charge >= 0.3 is 0 Å². The first kappa shape index (κ1) is 11.1. The van der Waals surface area contributed by atoms with E-state index in [2.05, 4.69) is 6.92 Å². The number of anilines is 1. The number of nitrogens with zero attached hydrogens (tertiary/aromatic N) is 1. The molecule has 2 rings (SSSR count). The van der Waals surface area contributed by atoms with Crippen molar-refractivity contribution < 1.29 is 9.90 Å². The number of hydrogen-bond donors (Lipinski definition) is 1. The lowest BCUT2D eigenvalue weighted by molar-refractivity contribution is -0.119. The molecule has 2 unspecified atom stereocenters. The molecule has 1 N–H and O–H groups in total. The number of para-hydroxylation sites is 1. The molecule has 0 aromatic heterocycles. The number of hydrogen-bond acceptors (Lipinski definition) is 2. The van der Waals surface area contributed by atoms with Crippen LogP contribution in [0.2, 0.25) is 0 Å². The Kier molecular flexibility index (Phi) is 2.72. The lowest BCUT2D eigenvalue weighted by Crippen LogP contribution is -2.48. The Labute approximate surface area is 95.7 Å². The van der Waals surface area contributed by atoms with Crippen LogP contribution in [-0.4, -0.2) is 17.2 Å².